The average molecular weight is 376 g/mol. The number of ether oxygens (including phenoxy) is 1. The highest BCUT2D eigenvalue weighted by atomic mass is 35.5. The first-order valence-electron chi connectivity index (χ1n) is 7.91. The van der Waals surface area contributed by atoms with Gasteiger partial charge in [0.25, 0.3) is 0 Å². The third kappa shape index (κ3) is 4.54. The van der Waals surface area contributed by atoms with Crippen molar-refractivity contribution in [2.75, 3.05) is 32.6 Å². The van der Waals surface area contributed by atoms with E-state index in [2.05, 4.69) is 15.2 Å². The summed E-state index contributed by atoms with van der Waals surface area (Å²) in [7, 11) is 4.03. The van der Waals surface area contributed by atoms with E-state index in [0.717, 1.165) is 34.6 Å². The molecule has 1 N–H and O–H groups in total. The lowest BCUT2D eigenvalue weighted by Crippen LogP contribution is -2.19. The molecule has 0 radical (unpaired) electrons. The summed E-state index contributed by atoms with van der Waals surface area (Å²) in [5.41, 5.74) is 2.56. The van der Waals surface area contributed by atoms with Gasteiger partial charge in [-0.2, -0.15) is 0 Å². The SMILES string of the molecule is CN(C)CCOc1ccc(Cl)cc1Nc1ccnc2cc(Cl)ccc12. The minimum absolute atomic E-state index is 0.593. The molecular weight excluding hydrogens is 357 g/mol. The van der Waals surface area contributed by atoms with Gasteiger partial charge >= 0.3 is 0 Å². The van der Waals surface area contributed by atoms with Crippen LogP contribution in [0.15, 0.2) is 48.7 Å². The van der Waals surface area contributed by atoms with Crippen molar-refractivity contribution in [3.63, 3.8) is 0 Å². The number of likely N-dealkylation sites (N-methyl/N-ethyl adjacent to an activating group) is 1. The topological polar surface area (TPSA) is 37.4 Å². The Labute approximate surface area is 157 Å². The van der Waals surface area contributed by atoms with Crippen molar-refractivity contribution in [1.29, 1.82) is 0 Å². The van der Waals surface area contributed by atoms with Crippen molar-refractivity contribution >= 4 is 45.5 Å². The molecule has 0 atom stereocenters. The van der Waals surface area contributed by atoms with Crippen LogP contribution >= 0.6 is 23.2 Å². The van der Waals surface area contributed by atoms with Crippen molar-refractivity contribution in [1.82, 2.24) is 9.88 Å². The Morgan fingerprint density at radius 1 is 1.00 bits per heavy atom. The lowest BCUT2D eigenvalue weighted by Gasteiger charge is -2.16. The van der Waals surface area contributed by atoms with Gasteiger partial charge in [0.2, 0.25) is 0 Å². The predicted molar refractivity (Wildman–Crippen MR) is 106 cm³/mol. The molecule has 1 aromatic heterocycles. The number of rotatable bonds is 6. The number of halogens is 2. The summed E-state index contributed by atoms with van der Waals surface area (Å²) in [5.74, 6) is 0.755. The molecule has 0 aliphatic carbocycles. The van der Waals surface area contributed by atoms with E-state index in [1.807, 2.05) is 56.6 Å². The number of nitrogens with one attached hydrogen (secondary N) is 1. The van der Waals surface area contributed by atoms with Crippen molar-refractivity contribution in [2.24, 2.45) is 0 Å². The summed E-state index contributed by atoms with van der Waals surface area (Å²) in [5, 5.41) is 5.69. The van der Waals surface area contributed by atoms with Gasteiger partial charge in [0.1, 0.15) is 12.4 Å². The molecule has 0 saturated carbocycles. The molecule has 0 bridgehead atoms. The zero-order valence-electron chi connectivity index (χ0n) is 14.1. The number of nitrogens with zero attached hydrogens (tertiary/aromatic N) is 2. The molecule has 25 heavy (non-hydrogen) atoms. The lowest BCUT2D eigenvalue weighted by atomic mass is 10.1. The number of hydrogen-bond donors (Lipinski definition) is 1. The van der Waals surface area contributed by atoms with Gasteiger partial charge in [-0.3, -0.25) is 4.98 Å². The number of benzene rings is 2. The van der Waals surface area contributed by atoms with E-state index in [4.69, 9.17) is 27.9 Å². The monoisotopic (exact) mass is 375 g/mol. The average Bonchev–Trinajstić information content (AvgIpc) is 2.56. The van der Waals surface area contributed by atoms with E-state index in [0.29, 0.717) is 16.7 Å². The molecule has 3 aromatic rings. The summed E-state index contributed by atoms with van der Waals surface area (Å²) in [6.45, 7) is 1.43. The molecular formula is C19H19Cl2N3O. The van der Waals surface area contributed by atoms with Gasteiger partial charge < -0.3 is 15.0 Å². The molecule has 4 nitrogen and oxygen atoms in total. The fourth-order valence-electron chi connectivity index (χ4n) is 2.44. The second-order valence-electron chi connectivity index (χ2n) is 5.94. The Morgan fingerprint density at radius 3 is 2.56 bits per heavy atom. The molecule has 130 valence electrons. The molecule has 1 heterocycles. The number of fused-ring (bicyclic) bond motifs is 1. The van der Waals surface area contributed by atoms with E-state index in [-0.39, 0.29) is 0 Å². The first kappa shape index (κ1) is 17.8. The normalized spacial score (nSPS) is 11.1. The zero-order chi connectivity index (χ0) is 17.8. The summed E-state index contributed by atoms with van der Waals surface area (Å²) in [4.78, 5) is 6.44. The van der Waals surface area contributed by atoms with Gasteiger partial charge in [-0.05, 0) is 56.6 Å². The highest BCUT2D eigenvalue weighted by molar-refractivity contribution is 6.31. The van der Waals surface area contributed by atoms with Gasteiger partial charge in [-0.1, -0.05) is 23.2 Å². The summed E-state index contributed by atoms with van der Waals surface area (Å²) in [6.07, 6.45) is 1.75. The van der Waals surface area contributed by atoms with Crippen molar-refractivity contribution in [2.45, 2.75) is 0 Å². The van der Waals surface area contributed by atoms with Crippen molar-refractivity contribution in [3.05, 3.63) is 58.7 Å². The molecule has 0 aliphatic rings. The second-order valence-corrected chi connectivity index (χ2v) is 6.81. The maximum atomic E-state index is 6.17. The first-order valence-corrected chi connectivity index (χ1v) is 8.67. The van der Waals surface area contributed by atoms with Gasteiger partial charge in [-0.25, -0.2) is 0 Å². The van der Waals surface area contributed by atoms with Crippen LogP contribution in [-0.4, -0.2) is 37.1 Å². The van der Waals surface area contributed by atoms with Crippen LogP contribution in [0, 0.1) is 0 Å². The Bertz CT molecular complexity index is 884. The fraction of sp³-hybridized carbons (Fsp3) is 0.211. The largest absolute Gasteiger partial charge is 0.490 e. The molecule has 0 aliphatic heterocycles. The molecule has 3 rings (SSSR count). The Kier molecular flexibility index (Phi) is 5.63. The van der Waals surface area contributed by atoms with Crippen LogP contribution in [0.3, 0.4) is 0 Å². The van der Waals surface area contributed by atoms with Gasteiger partial charge in [0.05, 0.1) is 11.2 Å². The summed E-state index contributed by atoms with van der Waals surface area (Å²) < 4.78 is 5.91. The van der Waals surface area contributed by atoms with Crippen LogP contribution in [0.25, 0.3) is 10.9 Å². The molecule has 0 amide bonds. The van der Waals surface area contributed by atoms with Crippen LogP contribution in [-0.2, 0) is 0 Å². The summed E-state index contributed by atoms with van der Waals surface area (Å²) >= 11 is 12.2. The standard InChI is InChI=1S/C19H19Cl2N3O/c1-24(2)9-10-25-19-6-4-14(21)12-18(19)23-16-7-8-22-17-11-13(20)3-5-15(16)17/h3-8,11-12H,9-10H2,1-2H3,(H,22,23). The van der Waals surface area contributed by atoms with Crippen molar-refractivity contribution < 1.29 is 4.74 Å². The first-order chi connectivity index (χ1) is 12.0. The minimum Gasteiger partial charge on any atom is -0.490 e. The highest BCUT2D eigenvalue weighted by Gasteiger charge is 2.09. The highest BCUT2D eigenvalue weighted by Crippen LogP contribution is 2.33. The van der Waals surface area contributed by atoms with Gasteiger partial charge in [0.15, 0.2) is 0 Å². The van der Waals surface area contributed by atoms with Crippen LogP contribution in [0.5, 0.6) is 5.75 Å². The maximum absolute atomic E-state index is 6.17. The van der Waals surface area contributed by atoms with Gasteiger partial charge in [0, 0.05) is 33.9 Å². The maximum Gasteiger partial charge on any atom is 0.142 e. The van der Waals surface area contributed by atoms with E-state index in [9.17, 15) is 0 Å². The minimum atomic E-state index is 0.593. The molecule has 2 aromatic carbocycles. The second kappa shape index (κ2) is 7.91. The zero-order valence-corrected chi connectivity index (χ0v) is 15.6. The number of pyridine rings is 1. The Morgan fingerprint density at radius 2 is 1.76 bits per heavy atom. The number of hydrogen-bond acceptors (Lipinski definition) is 4. The lowest BCUT2D eigenvalue weighted by molar-refractivity contribution is 0.262. The fourth-order valence-corrected chi connectivity index (χ4v) is 2.78. The van der Waals surface area contributed by atoms with E-state index < -0.39 is 0 Å². The molecule has 0 spiro atoms. The molecule has 0 fully saturated rings. The Balaban J connectivity index is 1.91. The van der Waals surface area contributed by atoms with E-state index in [1.165, 1.54) is 0 Å². The van der Waals surface area contributed by atoms with E-state index in [1.54, 1.807) is 6.20 Å². The summed E-state index contributed by atoms with van der Waals surface area (Å²) in [6, 6.07) is 13.1. The van der Waals surface area contributed by atoms with Crippen molar-refractivity contribution in [3.8, 4) is 5.75 Å². The smallest absolute Gasteiger partial charge is 0.142 e. The Hall–Kier alpha value is -2.01. The predicted octanol–water partition coefficient (Wildman–Crippen LogP) is 5.23. The van der Waals surface area contributed by atoms with Crippen LogP contribution in [0.2, 0.25) is 10.0 Å². The quantitative estimate of drug-likeness (QED) is 0.640. The molecule has 6 heteroatoms. The van der Waals surface area contributed by atoms with Crippen LogP contribution in [0.4, 0.5) is 11.4 Å². The van der Waals surface area contributed by atoms with E-state index >= 15 is 0 Å². The third-order valence-electron chi connectivity index (χ3n) is 3.71. The third-order valence-corrected chi connectivity index (χ3v) is 4.18. The van der Waals surface area contributed by atoms with Gasteiger partial charge in [-0.15, -0.1) is 0 Å². The van der Waals surface area contributed by atoms with Crippen LogP contribution < -0.4 is 10.1 Å². The van der Waals surface area contributed by atoms with Crippen LogP contribution in [0.1, 0.15) is 0 Å². The number of aromatic nitrogens is 1. The molecule has 0 saturated heterocycles. The number of anilines is 2. The molecule has 0 unspecified atom stereocenters.